The van der Waals surface area contributed by atoms with Gasteiger partial charge >= 0.3 is 39.5 Å². The molecule has 17 nitrogen and oxygen atoms in total. The number of carbonyl (C=O) groups excluding carboxylic acids is 4. The summed E-state index contributed by atoms with van der Waals surface area (Å²) in [5.74, 6) is 1.09. The number of ether oxygens (including phenoxy) is 4. The highest BCUT2D eigenvalue weighted by Crippen LogP contribution is 2.45. The van der Waals surface area contributed by atoms with Crippen molar-refractivity contribution in [2.75, 3.05) is 39.6 Å². The molecule has 0 aromatic carbocycles. The number of phosphoric acid groups is 2. The number of carbonyl (C=O) groups is 4. The summed E-state index contributed by atoms with van der Waals surface area (Å²) in [6, 6.07) is 0. The highest BCUT2D eigenvalue weighted by Gasteiger charge is 2.31. The zero-order chi connectivity index (χ0) is 80.9. The van der Waals surface area contributed by atoms with Crippen molar-refractivity contribution in [1.29, 1.82) is 0 Å². The van der Waals surface area contributed by atoms with Crippen LogP contribution in [0.1, 0.15) is 479 Å². The zero-order valence-electron chi connectivity index (χ0n) is 72.9. The van der Waals surface area contributed by atoms with E-state index in [1.54, 1.807) is 0 Å². The van der Waals surface area contributed by atoms with Gasteiger partial charge in [-0.1, -0.05) is 428 Å². The normalized spacial score (nSPS) is 14.1. The summed E-state index contributed by atoms with van der Waals surface area (Å²) in [6.07, 6.45) is 71.0. The summed E-state index contributed by atoms with van der Waals surface area (Å²) >= 11 is 0. The van der Waals surface area contributed by atoms with E-state index < -0.39 is 97.5 Å². The summed E-state index contributed by atoms with van der Waals surface area (Å²) < 4.78 is 69.0. The van der Waals surface area contributed by atoms with Crippen molar-refractivity contribution >= 4 is 39.5 Å². The molecule has 0 aliphatic carbocycles. The Balaban J connectivity index is 5.21. The second-order valence-corrected chi connectivity index (χ2v) is 37.3. The second kappa shape index (κ2) is 79.5. The first-order valence-corrected chi connectivity index (χ1v) is 49.7. The summed E-state index contributed by atoms with van der Waals surface area (Å²) in [6.45, 7) is 14.4. The van der Waals surface area contributed by atoms with E-state index in [0.717, 1.165) is 114 Å². The Bertz CT molecular complexity index is 2130. The largest absolute Gasteiger partial charge is 0.472 e. The third kappa shape index (κ3) is 82.6. The lowest BCUT2D eigenvalue weighted by Crippen LogP contribution is -2.30. The molecule has 0 saturated heterocycles. The predicted molar refractivity (Wildman–Crippen MR) is 455 cm³/mol. The van der Waals surface area contributed by atoms with Gasteiger partial charge in [0.15, 0.2) is 12.2 Å². The van der Waals surface area contributed by atoms with Gasteiger partial charge in [-0.15, -0.1) is 0 Å². The molecule has 3 N–H and O–H groups in total. The maximum Gasteiger partial charge on any atom is 0.472 e. The molecule has 0 saturated carbocycles. The van der Waals surface area contributed by atoms with Crippen molar-refractivity contribution in [2.45, 2.75) is 497 Å². The summed E-state index contributed by atoms with van der Waals surface area (Å²) in [4.78, 5) is 73.4. The van der Waals surface area contributed by atoms with Crippen molar-refractivity contribution < 1.29 is 80.2 Å². The standard InChI is InChI=1S/C91H178O17P2/c1-9-84(8)70-62-54-46-38-32-26-22-23-29-35-41-49-58-66-74-90(95)107-86(77-101-88(93)71-63-55-47-39-33-27-20-16-12-10-14-18-24-30-36-43-51-59-67-81(2)3)79-105-109(97,98)103-75-85(92)76-104-110(99,100)106-80-87(78-102-89(94)72-64-56-50-42-45-53-61-69-83(6)7)108-91(96)73-65-57-48-40-34-28-21-17-13-11-15-19-25-31-37-44-52-60-68-82(4)5/h81-87,92H,9-80H2,1-8H3,(H,97,98)(H,99,100)/t84?,85?,86-,87-/m1/s1. The minimum Gasteiger partial charge on any atom is -0.462 e. The molecule has 0 rings (SSSR count). The van der Waals surface area contributed by atoms with E-state index in [9.17, 15) is 43.2 Å². The third-order valence-electron chi connectivity index (χ3n) is 21.7. The first-order chi connectivity index (χ1) is 53.1. The average Bonchev–Trinajstić information content (AvgIpc) is 0.899. The van der Waals surface area contributed by atoms with Crippen molar-refractivity contribution in [3.63, 3.8) is 0 Å². The maximum atomic E-state index is 13.2. The van der Waals surface area contributed by atoms with Gasteiger partial charge in [0.25, 0.3) is 0 Å². The maximum absolute atomic E-state index is 13.2. The summed E-state index contributed by atoms with van der Waals surface area (Å²) in [5.41, 5.74) is 0. The first-order valence-electron chi connectivity index (χ1n) is 46.7. The van der Waals surface area contributed by atoms with Crippen LogP contribution in [-0.4, -0.2) is 96.7 Å². The van der Waals surface area contributed by atoms with Crippen LogP contribution in [0.15, 0.2) is 0 Å². The molecule has 0 aromatic heterocycles. The number of aliphatic hydroxyl groups excluding tert-OH is 1. The number of rotatable bonds is 88. The van der Waals surface area contributed by atoms with Crippen molar-refractivity contribution in [3.05, 3.63) is 0 Å². The smallest absolute Gasteiger partial charge is 0.462 e. The molecule has 0 spiro atoms. The average molecular weight is 1610 g/mol. The number of phosphoric ester groups is 2. The minimum absolute atomic E-state index is 0.107. The van der Waals surface area contributed by atoms with Crippen LogP contribution in [0.5, 0.6) is 0 Å². The number of esters is 4. The fourth-order valence-corrected chi connectivity index (χ4v) is 15.7. The van der Waals surface area contributed by atoms with Crippen LogP contribution in [0.4, 0.5) is 0 Å². The molecule has 19 heteroatoms. The van der Waals surface area contributed by atoms with Crippen LogP contribution >= 0.6 is 15.6 Å². The van der Waals surface area contributed by atoms with Crippen molar-refractivity contribution in [3.8, 4) is 0 Å². The number of hydrogen-bond acceptors (Lipinski definition) is 15. The van der Waals surface area contributed by atoms with E-state index >= 15 is 0 Å². The Morgan fingerprint density at radius 1 is 0.255 bits per heavy atom. The lowest BCUT2D eigenvalue weighted by molar-refractivity contribution is -0.161. The molecular weight excluding hydrogens is 1430 g/mol. The summed E-state index contributed by atoms with van der Waals surface area (Å²) in [7, 11) is -9.94. The first kappa shape index (κ1) is 108. The molecule has 0 heterocycles. The molecule has 0 aliphatic rings. The molecular formula is C91H178O17P2. The molecule has 0 radical (unpaired) electrons. The number of aliphatic hydroxyl groups is 1. The van der Waals surface area contributed by atoms with Crippen LogP contribution < -0.4 is 0 Å². The van der Waals surface area contributed by atoms with Gasteiger partial charge in [0, 0.05) is 25.7 Å². The molecule has 0 amide bonds. The Labute approximate surface area is 677 Å². The van der Waals surface area contributed by atoms with Crippen molar-refractivity contribution in [2.24, 2.45) is 23.7 Å². The fraction of sp³-hybridized carbons (Fsp3) is 0.956. The Kier molecular flexibility index (Phi) is 78.1. The van der Waals surface area contributed by atoms with Gasteiger partial charge in [-0.2, -0.15) is 0 Å². The van der Waals surface area contributed by atoms with E-state index in [0.29, 0.717) is 31.6 Å². The van der Waals surface area contributed by atoms with Gasteiger partial charge < -0.3 is 33.8 Å². The predicted octanol–water partition coefficient (Wildman–Crippen LogP) is 27.9. The van der Waals surface area contributed by atoms with Crippen LogP contribution in [0.3, 0.4) is 0 Å². The Morgan fingerprint density at radius 2 is 0.436 bits per heavy atom. The molecule has 0 bridgehead atoms. The molecule has 110 heavy (non-hydrogen) atoms. The van der Waals surface area contributed by atoms with Gasteiger partial charge in [-0.05, 0) is 49.4 Å². The Hall–Kier alpha value is -1.94. The van der Waals surface area contributed by atoms with Crippen LogP contribution in [0, 0.1) is 23.7 Å². The highest BCUT2D eigenvalue weighted by molar-refractivity contribution is 7.47. The van der Waals surface area contributed by atoms with Gasteiger partial charge in [0.1, 0.15) is 19.3 Å². The topological polar surface area (TPSA) is 237 Å². The van der Waals surface area contributed by atoms with Gasteiger partial charge in [0.2, 0.25) is 0 Å². The van der Waals surface area contributed by atoms with Gasteiger partial charge in [-0.3, -0.25) is 37.3 Å². The summed E-state index contributed by atoms with van der Waals surface area (Å²) in [5, 5.41) is 10.7. The lowest BCUT2D eigenvalue weighted by atomic mass is 9.99. The van der Waals surface area contributed by atoms with Crippen LogP contribution in [0.2, 0.25) is 0 Å². The quantitative estimate of drug-likeness (QED) is 0.0222. The second-order valence-electron chi connectivity index (χ2n) is 34.4. The van der Waals surface area contributed by atoms with Crippen molar-refractivity contribution in [1.82, 2.24) is 0 Å². The minimum atomic E-state index is -4.97. The van der Waals surface area contributed by atoms with E-state index in [1.807, 2.05) is 0 Å². The number of unbranched alkanes of at least 4 members (excludes halogenated alkanes) is 53. The highest BCUT2D eigenvalue weighted by atomic mass is 31.2. The SMILES string of the molecule is CCC(C)CCCCCCCCCCCCCCCCC(=O)O[C@H](COC(=O)CCCCCCCCCCCCCCCCCCCCC(C)C)COP(=O)(O)OCC(O)COP(=O)(O)OC[C@@H](COC(=O)CCCCCCCCCC(C)C)OC(=O)CCCCCCCCCCCCCCCCCCCCC(C)C. The molecule has 4 unspecified atom stereocenters. The molecule has 0 aliphatic heterocycles. The molecule has 654 valence electrons. The molecule has 6 atom stereocenters. The third-order valence-corrected chi connectivity index (χ3v) is 23.6. The van der Waals surface area contributed by atoms with E-state index in [2.05, 4.69) is 55.4 Å². The van der Waals surface area contributed by atoms with Gasteiger partial charge in [-0.25, -0.2) is 9.13 Å². The van der Waals surface area contributed by atoms with E-state index in [1.165, 1.54) is 276 Å². The van der Waals surface area contributed by atoms with Gasteiger partial charge in [0.05, 0.1) is 26.4 Å². The monoisotopic (exact) mass is 1610 g/mol. The van der Waals surface area contributed by atoms with Crippen LogP contribution in [-0.2, 0) is 65.4 Å². The zero-order valence-corrected chi connectivity index (χ0v) is 74.7. The number of hydrogen-bond donors (Lipinski definition) is 3. The van der Waals surface area contributed by atoms with E-state index in [4.69, 9.17) is 37.0 Å². The fourth-order valence-electron chi connectivity index (χ4n) is 14.2. The van der Waals surface area contributed by atoms with E-state index in [-0.39, 0.29) is 25.7 Å². The van der Waals surface area contributed by atoms with Crippen LogP contribution in [0.25, 0.3) is 0 Å². The molecule has 0 fully saturated rings. The molecule has 0 aromatic rings. The Morgan fingerprint density at radius 3 is 0.645 bits per heavy atom. The lowest BCUT2D eigenvalue weighted by Gasteiger charge is -2.21.